The van der Waals surface area contributed by atoms with Crippen molar-refractivity contribution in [3.05, 3.63) is 35.9 Å². The molecule has 2 aromatic rings. The van der Waals surface area contributed by atoms with Crippen LogP contribution < -0.4 is 4.90 Å². The number of carbonyl (C=O) groups is 1. The topological polar surface area (TPSA) is 60.4 Å². The average Bonchev–Trinajstić information content (AvgIpc) is 2.75. The van der Waals surface area contributed by atoms with Gasteiger partial charge in [0.05, 0.1) is 5.69 Å². The molecule has 1 amide bonds. The Morgan fingerprint density at radius 2 is 1.95 bits per heavy atom. The molecule has 0 radical (unpaired) electrons. The molecule has 0 bridgehead atoms. The Bertz CT molecular complexity index is 702. The molecule has 1 aliphatic heterocycles. The highest BCUT2D eigenvalue weighted by atomic mass is 35.5. The van der Waals surface area contributed by atoms with Crippen LogP contribution in [-0.2, 0) is 11.1 Å². The predicted molar refractivity (Wildman–Crippen MR) is 80.3 cm³/mol. The molecule has 20 heavy (non-hydrogen) atoms. The first-order chi connectivity index (χ1) is 9.65. The molecule has 6 heteroatoms. The molecule has 3 rings (SSSR count). The molecule has 0 spiro atoms. The number of hydrogen-bond donors (Lipinski definition) is 0. The molecular formula is C14H13ClNO3S-. The zero-order valence-corrected chi connectivity index (χ0v) is 12.6. The molecule has 4 nitrogen and oxygen atoms in total. The minimum Gasteiger partial charge on any atom is -0.768 e. The molecular weight excluding hydrogens is 298 g/mol. The highest BCUT2D eigenvalue weighted by Gasteiger charge is 2.29. The summed E-state index contributed by atoms with van der Waals surface area (Å²) in [5.41, 5.74) is 1.37. The van der Waals surface area contributed by atoms with E-state index in [1.165, 1.54) is 6.38 Å². The van der Waals surface area contributed by atoms with Crippen molar-refractivity contribution in [2.24, 2.45) is 0 Å². The van der Waals surface area contributed by atoms with Crippen molar-refractivity contribution in [2.75, 3.05) is 17.8 Å². The normalized spacial score (nSPS) is 14.2. The van der Waals surface area contributed by atoms with Gasteiger partial charge < -0.3 is 9.45 Å². The van der Waals surface area contributed by atoms with Crippen molar-refractivity contribution >= 4 is 45.0 Å². The molecule has 0 saturated carbocycles. The van der Waals surface area contributed by atoms with Gasteiger partial charge in [0.1, 0.15) is 0 Å². The van der Waals surface area contributed by atoms with Crippen molar-refractivity contribution in [2.45, 2.75) is 11.8 Å². The van der Waals surface area contributed by atoms with Crippen molar-refractivity contribution in [3.8, 4) is 0 Å². The maximum atomic E-state index is 12.2. The first-order valence-electron chi connectivity index (χ1n) is 5.99. The zero-order chi connectivity index (χ0) is 14.9. The van der Waals surface area contributed by atoms with Gasteiger partial charge in [0.15, 0.2) is 0 Å². The summed E-state index contributed by atoms with van der Waals surface area (Å²) < 4.78 is 22.4. The third kappa shape index (κ3) is 2.12. The molecule has 2 aromatic carbocycles. The minimum absolute atomic E-state index is 0.0630. The fraction of sp³-hybridized carbons (Fsp3) is 0.214. The molecule has 0 N–H and O–H groups in total. The smallest absolute Gasteiger partial charge is 0.258 e. The summed E-state index contributed by atoms with van der Waals surface area (Å²) in [6, 6.07) is 8.44. The van der Waals surface area contributed by atoms with E-state index in [0.29, 0.717) is 17.5 Å². The summed E-state index contributed by atoms with van der Waals surface area (Å²) in [5.74, 6) is -0.0630. The zero-order valence-electron chi connectivity index (χ0n) is 11.1. The molecule has 1 atom stereocenters. The minimum atomic E-state index is -2.30. The van der Waals surface area contributed by atoms with Crippen LogP contribution in [-0.4, -0.2) is 27.6 Å². The van der Waals surface area contributed by atoms with Crippen LogP contribution in [0.15, 0.2) is 35.2 Å². The SMILES string of the molecule is CCN1C(=O)c2cccc3c(S(=O)[O-])ccc1c23.CCl. The molecule has 106 valence electrons. The van der Waals surface area contributed by atoms with Crippen molar-refractivity contribution in [1.82, 2.24) is 0 Å². The molecule has 1 heterocycles. The van der Waals surface area contributed by atoms with Crippen LogP contribution in [0, 0.1) is 0 Å². The number of amides is 1. The Hall–Kier alpha value is -1.43. The first-order valence-corrected chi connectivity index (χ1v) is 7.83. The Balaban J connectivity index is 0.000000704. The second-order valence-electron chi connectivity index (χ2n) is 4.10. The van der Waals surface area contributed by atoms with Crippen molar-refractivity contribution < 1.29 is 13.6 Å². The summed E-state index contributed by atoms with van der Waals surface area (Å²) in [4.78, 5) is 14.1. The molecule has 1 unspecified atom stereocenters. The van der Waals surface area contributed by atoms with Crippen LogP contribution in [0.3, 0.4) is 0 Å². The summed E-state index contributed by atoms with van der Waals surface area (Å²) >= 11 is 2.34. The Morgan fingerprint density at radius 3 is 2.55 bits per heavy atom. The number of nitrogens with zero attached hydrogens (tertiary/aromatic N) is 1. The molecule has 0 aliphatic carbocycles. The van der Waals surface area contributed by atoms with Gasteiger partial charge in [0.2, 0.25) is 0 Å². The number of rotatable bonds is 2. The summed E-state index contributed by atoms with van der Waals surface area (Å²) in [5, 5.41) is 1.36. The Kier molecular flexibility index (Phi) is 4.42. The van der Waals surface area contributed by atoms with Crippen LogP contribution in [0.4, 0.5) is 5.69 Å². The van der Waals surface area contributed by atoms with Gasteiger partial charge in [-0.05, 0) is 41.6 Å². The number of halogens is 1. The number of hydrogen-bond acceptors (Lipinski definition) is 3. The quantitative estimate of drug-likeness (QED) is 0.633. The van der Waals surface area contributed by atoms with E-state index in [9.17, 15) is 13.6 Å². The van der Waals surface area contributed by atoms with Crippen LogP contribution in [0.2, 0.25) is 0 Å². The van der Waals surface area contributed by atoms with Gasteiger partial charge in [-0.25, -0.2) is 0 Å². The fourth-order valence-corrected chi connectivity index (χ4v) is 3.01. The van der Waals surface area contributed by atoms with Crippen molar-refractivity contribution in [3.63, 3.8) is 0 Å². The number of alkyl halides is 1. The van der Waals surface area contributed by atoms with Gasteiger partial charge in [0, 0.05) is 28.8 Å². The standard InChI is InChI=1S/C13H11NO3S.CH3Cl/c1-2-14-10-6-7-11(18(16)17)8-4-3-5-9(12(8)10)13(14)15;1-2/h3-7H,2H2,1H3,(H,16,17);1H3/p-1. The summed E-state index contributed by atoms with van der Waals surface area (Å²) in [6.07, 6.45) is 1.47. The van der Waals surface area contributed by atoms with E-state index in [2.05, 4.69) is 11.6 Å². The van der Waals surface area contributed by atoms with Gasteiger partial charge in [0.25, 0.3) is 5.91 Å². The van der Waals surface area contributed by atoms with Gasteiger partial charge in [-0.3, -0.25) is 9.00 Å². The second-order valence-corrected chi connectivity index (χ2v) is 5.00. The molecule has 0 fully saturated rings. The highest BCUT2D eigenvalue weighted by molar-refractivity contribution is 7.79. The predicted octanol–water partition coefficient (Wildman–Crippen LogP) is 2.91. The van der Waals surface area contributed by atoms with E-state index in [4.69, 9.17) is 0 Å². The lowest BCUT2D eigenvalue weighted by atomic mass is 10.1. The Labute approximate surface area is 124 Å². The van der Waals surface area contributed by atoms with Gasteiger partial charge in [-0.2, -0.15) is 0 Å². The van der Waals surface area contributed by atoms with Gasteiger partial charge in [-0.15, -0.1) is 11.6 Å². The highest BCUT2D eigenvalue weighted by Crippen LogP contribution is 2.39. The monoisotopic (exact) mass is 310 g/mol. The Morgan fingerprint density at radius 1 is 1.25 bits per heavy atom. The van der Waals surface area contributed by atoms with Crippen LogP contribution in [0.5, 0.6) is 0 Å². The van der Waals surface area contributed by atoms with E-state index >= 15 is 0 Å². The van der Waals surface area contributed by atoms with E-state index in [0.717, 1.165) is 11.1 Å². The second kappa shape index (κ2) is 5.91. The van der Waals surface area contributed by atoms with E-state index in [1.807, 2.05) is 6.92 Å². The van der Waals surface area contributed by atoms with E-state index in [1.54, 1.807) is 35.2 Å². The molecule has 0 saturated heterocycles. The molecule has 1 aliphatic rings. The van der Waals surface area contributed by atoms with Gasteiger partial charge in [-0.1, -0.05) is 12.1 Å². The van der Waals surface area contributed by atoms with Crippen LogP contribution in [0.25, 0.3) is 10.8 Å². The number of carbonyl (C=O) groups excluding carboxylic acids is 1. The number of anilines is 1. The third-order valence-corrected chi connectivity index (χ3v) is 3.96. The molecule has 0 aromatic heterocycles. The van der Waals surface area contributed by atoms with E-state index < -0.39 is 11.1 Å². The lowest BCUT2D eigenvalue weighted by Gasteiger charge is -2.15. The van der Waals surface area contributed by atoms with Gasteiger partial charge >= 0.3 is 0 Å². The fourth-order valence-electron chi connectivity index (χ4n) is 2.48. The summed E-state index contributed by atoms with van der Waals surface area (Å²) in [7, 11) is 0. The van der Waals surface area contributed by atoms with Crippen molar-refractivity contribution in [1.29, 1.82) is 0 Å². The summed E-state index contributed by atoms with van der Waals surface area (Å²) in [6.45, 7) is 2.47. The van der Waals surface area contributed by atoms with Crippen LogP contribution in [0.1, 0.15) is 17.3 Å². The lowest BCUT2D eigenvalue weighted by Crippen LogP contribution is -2.25. The largest absolute Gasteiger partial charge is 0.768 e. The number of benzene rings is 2. The maximum Gasteiger partial charge on any atom is 0.258 e. The third-order valence-electron chi connectivity index (χ3n) is 3.24. The first kappa shape index (κ1) is 15.0. The van der Waals surface area contributed by atoms with Crippen LogP contribution >= 0.6 is 11.6 Å². The lowest BCUT2D eigenvalue weighted by molar-refractivity contribution is 0.0994. The average molecular weight is 311 g/mol. The van der Waals surface area contributed by atoms with E-state index in [-0.39, 0.29) is 10.8 Å². The maximum absolute atomic E-state index is 12.2.